The molecule has 3 aromatic rings. The van der Waals surface area contributed by atoms with E-state index in [4.69, 9.17) is 36.5 Å². The Morgan fingerprint density at radius 3 is 2.12 bits per heavy atom. The molecule has 3 N–H and O–H groups in total. The number of carbonyl (C=O) groups is 2. The van der Waals surface area contributed by atoms with Crippen LogP contribution in [0.4, 0.5) is 34.5 Å². The fourth-order valence-electron chi connectivity index (χ4n) is 3.98. The van der Waals surface area contributed by atoms with Gasteiger partial charge in [-0.3, -0.25) is 4.57 Å². The van der Waals surface area contributed by atoms with Crippen LogP contribution in [-0.2, 0) is 21.4 Å². The van der Waals surface area contributed by atoms with Crippen molar-refractivity contribution >= 4 is 46.8 Å². The molecule has 0 amide bonds. The van der Waals surface area contributed by atoms with Crippen molar-refractivity contribution in [2.24, 2.45) is 0 Å². The molecule has 14 nitrogen and oxygen atoms in total. The predicted octanol–water partition coefficient (Wildman–Crippen LogP) is 5.20. The second kappa shape index (κ2) is 12.7. The molecule has 236 valence electrons. The molecule has 3 aromatic heterocycles. The lowest BCUT2D eigenvalue weighted by Gasteiger charge is -2.28. The van der Waals surface area contributed by atoms with Crippen LogP contribution < -0.4 is 10.2 Å². The Bertz CT molecular complexity index is 1470. The van der Waals surface area contributed by atoms with Crippen molar-refractivity contribution in [2.45, 2.75) is 65.2 Å². The van der Waals surface area contributed by atoms with Crippen molar-refractivity contribution in [3.05, 3.63) is 17.2 Å². The van der Waals surface area contributed by atoms with E-state index >= 15 is 0 Å². The zero-order valence-electron chi connectivity index (χ0n) is 24.3. The highest BCUT2D eigenvalue weighted by atomic mass is 35.5. The summed E-state index contributed by atoms with van der Waals surface area (Å²) >= 11 is 6.18. The Morgan fingerprint density at radius 2 is 1.63 bits per heavy atom. The van der Waals surface area contributed by atoms with Crippen molar-refractivity contribution in [1.82, 2.24) is 29.5 Å². The first kappa shape index (κ1) is 33.5. The minimum atomic E-state index is -4.51. The van der Waals surface area contributed by atoms with Crippen molar-refractivity contribution in [1.29, 1.82) is 0 Å². The molecular formula is C25H32ClF3N8O6. The first-order chi connectivity index (χ1) is 19.7. The van der Waals surface area contributed by atoms with Gasteiger partial charge in [-0.1, -0.05) is 20.8 Å². The molecule has 4 heterocycles. The summed E-state index contributed by atoms with van der Waals surface area (Å²) in [7, 11) is 0. The summed E-state index contributed by atoms with van der Waals surface area (Å²) in [6, 6.07) is 0. The first-order valence-electron chi connectivity index (χ1n) is 12.9. The number of halogens is 4. The summed E-state index contributed by atoms with van der Waals surface area (Å²) in [5, 5.41) is 17.9. The van der Waals surface area contributed by atoms with Gasteiger partial charge in [-0.05, 0) is 32.4 Å². The third-order valence-electron chi connectivity index (χ3n) is 5.58. The van der Waals surface area contributed by atoms with Gasteiger partial charge >= 0.3 is 18.5 Å². The lowest BCUT2D eigenvalue weighted by Crippen LogP contribution is -2.37. The summed E-state index contributed by atoms with van der Waals surface area (Å²) in [5.41, 5.74) is 0.683. The number of imidazole rings is 1. The number of rotatable bonds is 4. The van der Waals surface area contributed by atoms with Gasteiger partial charge in [-0.2, -0.15) is 13.2 Å². The van der Waals surface area contributed by atoms with Crippen LogP contribution in [0.1, 0.15) is 47.2 Å². The van der Waals surface area contributed by atoms with Crippen LogP contribution in [0.3, 0.4) is 0 Å². The van der Waals surface area contributed by atoms with Crippen molar-refractivity contribution in [3.8, 4) is 11.4 Å². The molecular weight excluding hydrogens is 601 g/mol. The first-order valence-corrected chi connectivity index (χ1v) is 13.3. The molecule has 0 atom stereocenters. The molecule has 0 saturated carbocycles. The highest BCUT2D eigenvalue weighted by Gasteiger charge is 2.33. The Hall–Kier alpha value is -3.99. The summed E-state index contributed by atoms with van der Waals surface area (Å²) in [6.07, 6.45) is -6.53. The Balaban J connectivity index is 0.000000646. The van der Waals surface area contributed by atoms with Gasteiger partial charge in [-0.15, -0.1) is 0 Å². The minimum Gasteiger partial charge on any atom is -0.449 e. The number of anilines is 2. The molecule has 18 heteroatoms. The number of aromatic nitrogens is 6. The summed E-state index contributed by atoms with van der Waals surface area (Å²) in [4.78, 5) is 43.1. The monoisotopic (exact) mass is 632 g/mol. The molecule has 0 spiro atoms. The van der Waals surface area contributed by atoms with Gasteiger partial charge in [0.15, 0.2) is 22.8 Å². The van der Waals surface area contributed by atoms with E-state index in [-0.39, 0.29) is 27.8 Å². The van der Waals surface area contributed by atoms with E-state index in [2.05, 4.69) is 25.0 Å². The molecule has 0 aromatic carbocycles. The summed E-state index contributed by atoms with van der Waals surface area (Å²) in [6.45, 7) is 12.6. The number of hydrogen-bond acceptors (Lipinski definition) is 11. The molecule has 1 saturated heterocycles. The van der Waals surface area contributed by atoms with E-state index in [1.165, 1.54) is 0 Å². The maximum absolute atomic E-state index is 13.4. The van der Waals surface area contributed by atoms with Crippen molar-refractivity contribution in [2.75, 3.05) is 36.5 Å². The normalized spacial score (nSPS) is 14.2. The molecule has 1 aliphatic rings. The average Bonchev–Trinajstić information content (AvgIpc) is 3.15. The standard InChI is InChI=1S/C23H30ClF3N8O.C2H2O5/c1-21(2,3)15-13(11-28-20(30-15)33-22(4,5)6)16-31-17(34-7-9-36-10-8-34)14-18(32-16)35(19(24)29-14)12-23(25,26)27;3-1(4)7-2(5)6/h11H,7-10,12H2,1-6H3,(H,28,30,33);(H,3,4)(H,5,6). The number of hydrogen-bond donors (Lipinski definition) is 3. The van der Waals surface area contributed by atoms with Crippen molar-refractivity contribution in [3.63, 3.8) is 0 Å². The molecule has 0 aliphatic carbocycles. The number of morpholine rings is 1. The van der Waals surface area contributed by atoms with Crippen molar-refractivity contribution < 1.29 is 42.4 Å². The van der Waals surface area contributed by atoms with E-state index < -0.39 is 30.4 Å². The van der Waals surface area contributed by atoms with Crippen LogP contribution in [0.15, 0.2) is 6.20 Å². The fourth-order valence-corrected chi connectivity index (χ4v) is 4.21. The van der Waals surface area contributed by atoms with Gasteiger partial charge in [0.05, 0.1) is 24.5 Å². The zero-order valence-corrected chi connectivity index (χ0v) is 25.0. The van der Waals surface area contributed by atoms with E-state index in [1.54, 1.807) is 6.20 Å². The van der Waals surface area contributed by atoms with Crippen LogP contribution in [-0.4, -0.2) is 90.0 Å². The molecule has 4 rings (SSSR count). The number of alkyl halides is 3. The van der Waals surface area contributed by atoms with Gasteiger partial charge in [0, 0.05) is 30.2 Å². The predicted molar refractivity (Wildman–Crippen MR) is 150 cm³/mol. The van der Waals surface area contributed by atoms with Gasteiger partial charge in [0.25, 0.3) is 0 Å². The number of nitrogens with one attached hydrogen (secondary N) is 1. The van der Waals surface area contributed by atoms with Gasteiger partial charge in [0.2, 0.25) is 11.2 Å². The topological polar surface area (TPSA) is 178 Å². The second-order valence-corrected chi connectivity index (χ2v) is 11.8. The number of fused-ring (bicyclic) bond motifs is 1. The molecule has 1 fully saturated rings. The van der Waals surface area contributed by atoms with E-state index in [9.17, 15) is 22.8 Å². The third-order valence-corrected chi connectivity index (χ3v) is 5.87. The average molecular weight is 633 g/mol. The number of ether oxygens (including phenoxy) is 2. The zero-order chi connectivity index (χ0) is 32.3. The van der Waals surface area contributed by atoms with Crippen LogP contribution >= 0.6 is 11.6 Å². The molecule has 1 aliphatic heterocycles. The largest absolute Gasteiger partial charge is 0.516 e. The summed E-state index contributed by atoms with van der Waals surface area (Å²) < 4.78 is 49.6. The van der Waals surface area contributed by atoms with Gasteiger partial charge in [-0.25, -0.2) is 34.5 Å². The summed E-state index contributed by atoms with van der Waals surface area (Å²) in [5.74, 6) is 1.05. The quantitative estimate of drug-likeness (QED) is 0.194. The molecule has 0 bridgehead atoms. The van der Waals surface area contributed by atoms with Crippen LogP contribution in [0, 0.1) is 0 Å². The maximum atomic E-state index is 13.4. The minimum absolute atomic E-state index is 0.000527. The third kappa shape index (κ3) is 9.25. The number of nitrogens with zero attached hydrogens (tertiary/aromatic N) is 7. The highest BCUT2D eigenvalue weighted by Crippen LogP contribution is 2.35. The SMILES string of the molecule is CC(C)(C)Nc1ncc(-c2nc(N3CCOCC3)c3nc(Cl)n(CC(F)(F)F)c3n2)c(C(C)(C)C)n1.O=C(O)OC(=O)O. The fraction of sp³-hybridized carbons (Fsp3) is 0.560. The maximum Gasteiger partial charge on any atom is 0.516 e. The van der Waals surface area contributed by atoms with Crippen LogP contribution in [0.2, 0.25) is 5.28 Å². The Labute approximate surface area is 249 Å². The lowest BCUT2D eigenvalue weighted by molar-refractivity contribution is -0.140. The van der Waals surface area contributed by atoms with Gasteiger partial charge in [0.1, 0.15) is 6.54 Å². The molecule has 0 radical (unpaired) electrons. The van der Waals surface area contributed by atoms with E-state index in [0.29, 0.717) is 49.3 Å². The van der Waals surface area contributed by atoms with E-state index in [1.807, 2.05) is 46.4 Å². The number of carboxylic acid groups (broad SMARTS) is 2. The Morgan fingerprint density at radius 1 is 1.02 bits per heavy atom. The van der Waals surface area contributed by atoms with Crippen LogP contribution in [0.25, 0.3) is 22.6 Å². The van der Waals surface area contributed by atoms with Crippen LogP contribution in [0.5, 0.6) is 0 Å². The second-order valence-electron chi connectivity index (χ2n) is 11.4. The lowest BCUT2D eigenvalue weighted by atomic mass is 9.88. The van der Waals surface area contributed by atoms with E-state index in [0.717, 1.165) is 4.57 Å². The Kier molecular flexibility index (Phi) is 9.90. The smallest absolute Gasteiger partial charge is 0.449 e. The van der Waals surface area contributed by atoms with Gasteiger partial charge < -0.3 is 29.9 Å². The molecule has 0 unspecified atom stereocenters. The highest BCUT2D eigenvalue weighted by molar-refractivity contribution is 6.29. The molecule has 43 heavy (non-hydrogen) atoms.